The maximum Gasteiger partial charge on any atom is 1.00 e. The van der Waals surface area contributed by atoms with Crippen LogP contribution in [0.25, 0.3) is 5.73 Å². The molecule has 27 heavy (non-hydrogen) atoms. The van der Waals surface area contributed by atoms with Gasteiger partial charge in [0.25, 0.3) is 0 Å². The van der Waals surface area contributed by atoms with Gasteiger partial charge in [-0.05, 0) is 45.2 Å². The number of aromatic nitrogens is 3. The molecule has 1 aromatic heterocycles. The van der Waals surface area contributed by atoms with Crippen LogP contribution in [0, 0.1) is 0 Å². The molecule has 1 unspecified atom stereocenters. The molecule has 3 rings (SSSR count). The SMILES string of the molecule is CCN1CCCC1CCNc1nc([NH-])nc(CNC2CCCCCC2)n1.[Rb+]. The van der Waals surface area contributed by atoms with Crippen molar-refractivity contribution < 1.29 is 58.2 Å². The van der Waals surface area contributed by atoms with Crippen molar-refractivity contribution >= 4 is 11.9 Å². The molecule has 2 aliphatic rings. The first-order chi connectivity index (χ1) is 12.7. The van der Waals surface area contributed by atoms with Crippen LogP contribution >= 0.6 is 0 Å². The molecule has 8 heteroatoms. The molecule has 1 aliphatic heterocycles. The van der Waals surface area contributed by atoms with E-state index in [1.54, 1.807) is 0 Å². The van der Waals surface area contributed by atoms with Crippen LogP contribution in [0.2, 0.25) is 0 Å². The largest absolute Gasteiger partial charge is 1.00 e. The summed E-state index contributed by atoms with van der Waals surface area (Å²) in [5.41, 5.74) is 7.86. The van der Waals surface area contributed by atoms with Crippen molar-refractivity contribution in [1.82, 2.24) is 25.2 Å². The van der Waals surface area contributed by atoms with Gasteiger partial charge in [-0.3, -0.25) is 0 Å². The molecule has 0 aromatic carbocycles. The van der Waals surface area contributed by atoms with Crippen LogP contribution in [-0.2, 0) is 6.54 Å². The molecule has 146 valence electrons. The molecule has 7 nitrogen and oxygen atoms in total. The van der Waals surface area contributed by atoms with E-state index in [2.05, 4.69) is 37.4 Å². The van der Waals surface area contributed by atoms with Crippen LogP contribution in [0.3, 0.4) is 0 Å². The third-order valence-corrected chi connectivity index (χ3v) is 5.75. The Kier molecular flexibility index (Phi) is 11.2. The minimum Gasteiger partial charge on any atom is -0.410 e. The Morgan fingerprint density at radius 3 is 2.56 bits per heavy atom. The van der Waals surface area contributed by atoms with Crippen LogP contribution in [-0.4, -0.2) is 51.6 Å². The minimum absolute atomic E-state index is 0. The number of nitrogens with one attached hydrogen (secondary N) is 3. The van der Waals surface area contributed by atoms with Crippen molar-refractivity contribution in [2.75, 3.05) is 25.0 Å². The molecule has 0 spiro atoms. The first-order valence-corrected chi connectivity index (χ1v) is 10.4. The fraction of sp³-hybridized carbons (Fsp3) is 0.842. The molecule has 3 N–H and O–H groups in total. The van der Waals surface area contributed by atoms with Crippen molar-refractivity contribution in [3.8, 4) is 0 Å². The van der Waals surface area contributed by atoms with E-state index in [1.165, 1.54) is 57.9 Å². The van der Waals surface area contributed by atoms with Crippen LogP contribution in [0.1, 0.15) is 70.5 Å². The van der Waals surface area contributed by atoms with Crippen molar-refractivity contribution in [2.24, 2.45) is 0 Å². The predicted molar refractivity (Wildman–Crippen MR) is 106 cm³/mol. The summed E-state index contributed by atoms with van der Waals surface area (Å²) in [6.45, 7) is 6.06. The third-order valence-electron chi connectivity index (χ3n) is 5.75. The van der Waals surface area contributed by atoms with Gasteiger partial charge in [0.2, 0.25) is 0 Å². The second-order valence-electron chi connectivity index (χ2n) is 7.61. The summed E-state index contributed by atoms with van der Waals surface area (Å²) in [5, 5.41) is 6.88. The average Bonchev–Trinajstić information content (AvgIpc) is 2.92. The Morgan fingerprint density at radius 1 is 1.04 bits per heavy atom. The molecule has 0 radical (unpaired) electrons. The molecule has 1 aromatic rings. The normalized spacial score (nSPS) is 21.6. The monoisotopic (exact) mass is 445 g/mol. The maximum absolute atomic E-state index is 7.86. The number of nitrogens with zero attached hydrogens (tertiary/aromatic N) is 4. The van der Waals surface area contributed by atoms with Gasteiger partial charge in [-0.15, -0.1) is 0 Å². The third kappa shape index (κ3) is 7.93. The molecule has 1 atom stereocenters. The van der Waals surface area contributed by atoms with Crippen LogP contribution in [0.4, 0.5) is 11.9 Å². The Morgan fingerprint density at radius 2 is 1.81 bits per heavy atom. The van der Waals surface area contributed by atoms with Gasteiger partial charge >= 0.3 is 58.2 Å². The summed E-state index contributed by atoms with van der Waals surface area (Å²) in [5.74, 6) is 1.27. The van der Waals surface area contributed by atoms with Gasteiger partial charge in [0.1, 0.15) is 0 Å². The molecule has 0 amide bonds. The van der Waals surface area contributed by atoms with Crippen LogP contribution in [0.5, 0.6) is 0 Å². The minimum atomic E-state index is 0. The summed E-state index contributed by atoms with van der Waals surface area (Å²) < 4.78 is 0. The van der Waals surface area contributed by atoms with E-state index in [9.17, 15) is 0 Å². The summed E-state index contributed by atoms with van der Waals surface area (Å²) in [7, 11) is 0. The van der Waals surface area contributed by atoms with Crippen molar-refractivity contribution in [3.63, 3.8) is 0 Å². The standard InChI is InChI=1S/C19H34N7.Rb/c1-2-26-13-7-10-16(26)11-12-21-19-24-17(23-18(20)25-19)14-22-15-8-5-3-4-6-9-15;/h15-16,22H,2-14H2,1H3,(H2-,20,21,23,24,25);/q-1;+1. The van der Waals surface area contributed by atoms with E-state index in [1.807, 2.05) is 0 Å². The summed E-state index contributed by atoms with van der Waals surface area (Å²) in [6.07, 6.45) is 11.5. The topological polar surface area (TPSA) is 89.8 Å². The van der Waals surface area contributed by atoms with E-state index >= 15 is 0 Å². The molecule has 0 bridgehead atoms. The van der Waals surface area contributed by atoms with Gasteiger partial charge < -0.3 is 31.2 Å². The molecular weight excluding hydrogens is 412 g/mol. The molecule has 2 fully saturated rings. The van der Waals surface area contributed by atoms with E-state index in [4.69, 9.17) is 5.73 Å². The first-order valence-electron chi connectivity index (χ1n) is 10.4. The van der Waals surface area contributed by atoms with Gasteiger partial charge in [-0.25, -0.2) is 4.98 Å². The number of hydrogen-bond donors (Lipinski definition) is 2. The van der Waals surface area contributed by atoms with Crippen LogP contribution in [0.15, 0.2) is 0 Å². The zero-order chi connectivity index (χ0) is 18.2. The van der Waals surface area contributed by atoms with E-state index in [0.717, 1.165) is 19.5 Å². The average molecular weight is 446 g/mol. The Labute approximate surface area is 212 Å². The zero-order valence-corrected chi connectivity index (χ0v) is 22.1. The maximum atomic E-state index is 7.86. The Balaban J connectivity index is 0.00000261. The van der Waals surface area contributed by atoms with Crippen molar-refractivity contribution in [3.05, 3.63) is 11.6 Å². The van der Waals surface area contributed by atoms with Gasteiger partial charge in [-0.2, -0.15) is 0 Å². The predicted octanol–water partition coefficient (Wildman–Crippen LogP) is 0.658. The molecular formula is C19H34N7Rb. The van der Waals surface area contributed by atoms with Gasteiger partial charge in [0.15, 0.2) is 5.95 Å². The number of anilines is 1. The van der Waals surface area contributed by atoms with Gasteiger partial charge in [0, 0.05) is 31.1 Å². The molecule has 1 saturated heterocycles. The van der Waals surface area contributed by atoms with E-state index in [0.29, 0.717) is 30.4 Å². The Bertz CT molecular complexity index is 549. The first kappa shape index (κ1) is 23.6. The summed E-state index contributed by atoms with van der Waals surface area (Å²) >= 11 is 0. The van der Waals surface area contributed by atoms with E-state index < -0.39 is 0 Å². The second-order valence-corrected chi connectivity index (χ2v) is 7.61. The molecule has 1 aliphatic carbocycles. The number of rotatable bonds is 8. The molecule has 1 saturated carbocycles. The van der Waals surface area contributed by atoms with Gasteiger partial charge in [-0.1, -0.05) is 32.6 Å². The molecule has 2 heterocycles. The Hall–Kier alpha value is 0.335. The summed E-state index contributed by atoms with van der Waals surface area (Å²) in [6, 6.07) is 1.23. The zero-order valence-electron chi connectivity index (χ0n) is 17.1. The van der Waals surface area contributed by atoms with E-state index in [-0.39, 0.29) is 64.1 Å². The number of hydrogen-bond acceptors (Lipinski definition) is 6. The number of likely N-dealkylation sites (tertiary alicyclic amines) is 1. The van der Waals surface area contributed by atoms with Gasteiger partial charge in [0.05, 0.1) is 5.82 Å². The second kappa shape index (κ2) is 12.8. The van der Waals surface area contributed by atoms with Crippen molar-refractivity contribution in [1.29, 1.82) is 0 Å². The fourth-order valence-corrected chi connectivity index (χ4v) is 4.29. The van der Waals surface area contributed by atoms with Crippen LogP contribution < -0.4 is 68.8 Å². The quantitative estimate of drug-likeness (QED) is 0.571. The smallest absolute Gasteiger partial charge is 0.410 e. The summed E-state index contributed by atoms with van der Waals surface area (Å²) in [4.78, 5) is 15.4. The van der Waals surface area contributed by atoms with Crippen molar-refractivity contribution in [2.45, 2.75) is 83.3 Å². The fourth-order valence-electron chi connectivity index (χ4n) is 4.29.